The second kappa shape index (κ2) is 4.45. The summed E-state index contributed by atoms with van der Waals surface area (Å²) in [7, 11) is 5.79. The van der Waals surface area contributed by atoms with E-state index in [0.29, 0.717) is 0 Å². The Kier molecular flexibility index (Phi) is 3.53. The highest BCUT2D eigenvalue weighted by atomic mass is 16.1. The maximum Gasteiger partial charge on any atom is 0.159 e. The van der Waals surface area contributed by atoms with Gasteiger partial charge in [-0.25, -0.2) is 0 Å². The van der Waals surface area contributed by atoms with E-state index in [-0.39, 0.29) is 11.6 Å². The highest BCUT2D eigenvalue weighted by Gasteiger charge is 2.14. The van der Waals surface area contributed by atoms with Crippen LogP contribution in [0.1, 0.15) is 33.1 Å². The van der Waals surface area contributed by atoms with Crippen LogP contribution in [0, 0.1) is 0 Å². The van der Waals surface area contributed by atoms with Crippen molar-refractivity contribution in [2.45, 2.75) is 38.9 Å². The molecular formula is C11H15BO. The Morgan fingerprint density at radius 1 is 1.69 bits per heavy atom. The monoisotopic (exact) mass is 174 g/mol. The minimum atomic E-state index is 0.102. The summed E-state index contributed by atoms with van der Waals surface area (Å²) in [6, 6.07) is 0. The molecule has 1 unspecified atom stereocenters. The first kappa shape index (κ1) is 10.3. The Labute approximate surface area is 81.3 Å². The summed E-state index contributed by atoms with van der Waals surface area (Å²) in [4.78, 5) is 11.2. The summed E-state index contributed by atoms with van der Waals surface area (Å²) in [6.45, 7) is 3.73. The molecule has 1 rings (SSSR count). The molecule has 2 radical (unpaired) electrons. The van der Waals surface area contributed by atoms with Gasteiger partial charge in [0.05, 0.1) is 7.85 Å². The van der Waals surface area contributed by atoms with Crippen molar-refractivity contribution in [3.63, 3.8) is 0 Å². The minimum Gasteiger partial charge on any atom is -0.295 e. The van der Waals surface area contributed by atoms with Crippen molar-refractivity contribution in [3.8, 4) is 0 Å². The quantitative estimate of drug-likeness (QED) is 0.601. The summed E-state index contributed by atoms with van der Waals surface area (Å²) in [5, 5.41) is 0. The number of carbonyl (C=O) groups excluding carboxylic acids is 1. The highest BCUT2D eigenvalue weighted by Crippen LogP contribution is 2.28. The molecule has 0 saturated carbocycles. The van der Waals surface area contributed by atoms with Crippen LogP contribution in [-0.2, 0) is 4.79 Å². The van der Waals surface area contributed by atoms with E-state index < -0.39 is 0 Å². The standard InChI is InChI=1S/C11H15BO/c1-3-4-9-7-10(12)5-6-11(9)8(2)13/h6-7,10H,3-5H2,1-2H3. The summed E-state index contributed by atoms with van der Waals surface area (Å²) >= 11 is 0. The predicted molar refractivity (Wildman–Crippen MR) is 55.9 cm³/mol. The van der Waals surface area contributed by atoms with E-state index in [1.54, 1.807) is 6.92 Å². The number of carbonyl (C=O) groups is 1. The van der Waals surface area contributed by atoms with Crippen LogP contribution in [0.5, 0.6) is 0 Å². The normalized spacial score (nSPS) is 22.2. The largest absolute Gasteiger partial charge is 0.295 e. The van der Waals surface area contributed by atoms with Gasteiger partial charge in [0.2, 0.25) is 0 Å². The molecular weight excluding hydrogens is 159 g/mol. The lowest BCUT2D eigenvalue weighted by atomic mass is 9.76. The zero-order chi connectivity index (χ0) is 9.84. The molecule has 0 aromatic carbocycles. The van der Waals surface area contributed by atoms with Gasteiger partial charge in [-0.2, -0.15) is 0 Å². The van der Waals surface area contributed by atoms with Gasteiger partial charge in [0, 0.05) is 5.57 Å². The van der Waals surface area contributed by atoms with Gasteiger partial charge in [0.15, 0.2) is 5.78 Å². The average molecular weight is 174 g/mol. The zero-order valence-electron chi connectivity index (χ0n) is 8.34. The first-order valence-corrected chi connectivity index (χ1v) is 4.83. The lowest BCUT2D eigenvalue weighted by Crippen LogP contribution is -2.06. The molecule has 0 aromatic heterocycles. The summed E-state index contributed by atoms with van der Waals surface area (Å²) in [5.74, 6) is 0.260. The lowest BCUT2D eigenvalue weighted by Gasteiger charge is -2.17. The third-order valence-corrected chi connectivity index (χ3v) is 2.25. The van der Waals surface area contributed by atoms with Gasteiger partial charge < -0.3 is 0 Å². The summed E-state index contributed by atoms with van der Waals surface area (Å²) < 4.78 is 0. The van der Waals surface area contributed by atoms with E-state index in [1.165, 1.54) is 0 Å². The Morgan fingerprint density at radius 3 is 2.92 bits per heavy atom. The van der Waals surface area contributed by atoms with Gasteiger partial charge in [0.1, 0.15) is 0 Å². The van der Waals surface area contributed by atoms with Crippen LogP contribution >= 0.6 is 0 Å². The van der Waals surface area contributed by atoms with Crippen LogP contribution < -0.4 is 0 Å². The summed E-state index contributed by atoms with van der Waals surface area (Å²) in [5.41, 5.74) is 2.01. The van der Waals surface area contributed by atoms with E-state index in [2.05, 4.69) is 6.92 Å². The Morgan fingerprint density at radius 2 is 2.38 bits per heavy atom. The first-order chi connectivity index (χ1) is 6.15. The highest BCUT2D eigenvalue weighted by molar-refractivity contribution is 6.13. The van der Waals surface area contributed by atoms with E-state index in [0.717, 1.165) is 30.4 Å². The van der Waals surface area contributed by atoms with Crippen LogP contribution in [-0.4, -0.2) is 13.6 Å². The van der Waals surface area contributed by atoms with Crippen LogP contribution in [0.15, 0.2) is 23.3 Å². The number of allylic oxidation sites excluding steroid dienone is 4. The number of ketones is 1. The van der Waals surface area contributed by atoms with Crippen molar-refractivity contribution in [2.75, 3.05) is 0 Å². The van der Waals surface area contributed by atoms with Gasteiger partial charge >= 0.3 is 0 Å². The van der Waals surface area contributed by atoms with Crippen LogP contribution in [0.4, 0.5) is 0 Å². The molecule has 0 heterocycles. The Hall–Kier alpha value is -0.785. The van der Waals surface area contributed by atoms with Gasteiger partial charge in [0.25, 0.3) is 0 Å². The van der Waals surface area contributed by atoms with Crippen LogP contribution in [0.2, 0.25) is 5.82 Å². The second-order valence-corrected chi connectivity index (χ2v) is 3.52. The van der Waals surface area contributed by atoms with Crippen molar-refractivity contribution >= 4 is 13.6 Å². The summed E-state index contributed by atoms with van der Waals surface area (Å²) in [6.07, 6.45) is 6.81. The fourth-order valence-electron chi connectivity index (χ4n) is 1.66. The molecule has 1 aliphatic rings. The minimum absolute atomic E-state index is 0.102. The molecule has 2 heteroatoms. The van der Waals surface area contributed by atoms with Gasteiger partial charge in [-0.05, 0) is 25.3 Å². The fraction of sp³-hybridized carbons (Fsp3) is 0.545. The van der Waals surface area contributed by atoms with Gasteiger partial charge in [-0.1, -0.05) is 31.3 Å². The molecule has 0 aliphatic heterocycles. The van der Waals surface area contributed by atoms with E-state index in [1.807, 2.05) is 12.2 Å². The van der Waals surface area contributed by atoms with Crippen molar-refractivity contribution in [2.24, 2.45) is 0 Å². The van der Waals surface area contributed by atoms with E-state index in [9.17, 15) is 4.79 Å². The lowest BCUT2D eigenvalue weighted by molar-refractivity contribution is -0.113. The molecule has 0 aromatic rings. The molecule has 13 heavy (non-hydrogen) atoms. The molecule has 0 spiro atoms. The number of Topliss-reactive ketones (excluding diaryl/α,β-unsaturated/α-hetero) is 1. The molecule has 1 atom stereocenters. The predicted octanol–water partition coefficient (Wildman–Crippen LogP) is 2.59. The van der Waals surface area contributed by atoms with E-state index >= 15 is 0 Å². The third-order valence-electron chi connectivity index (χ3n) is 2.25. The fourth-order valence-corrected chi connectivity index (χ4v) is 1.66. The first-order valence-electron chi connectivity index (χ1n) is 4.83. The molecule has 1 nitrogen and oxygen atoms in total. The maximum atomic E-state index is 11.2. The van der Waals surface area contributed by atoms with Crippen LogP contribution in [0.3, 0.4) is 0 Å². The van der Waals surface area contributed by atoms with E-state index in [4.69, 9.17) is 7.85 Å². The van der Waals surface area contributed by atoms with Crippen molar-refractivity contribution in [3.05, 3.63) is 23.3 Å². The number of hydrogen-bond acceptors (Lipinski definition) is 1. The molecule has 0 bridgehead atoms. The van der Waals surface area contributed by atoms with Gasteiger partial charge in [-0.15, -0.1) is 0 Å². The zero-order valence-corrected chi connectivity index (χ0v) is 8.34. The maximum absolute atomic E-state index is 11.2. The second-order valence-electron chi connectivity index (χ2n) is 3.52. The van der Waals surface area contributed by atoms with Crippen molar-refractivity contribution in [1.82, 2.24) is 0 Å². The molecule has 0 amide bonds. The third kappa shape index (κ3) is 2.58. The Bertz CT molecular complexity index is 263. The molecule has 68 valence electrons. The number of rotatable bonds is 3. The number of hydrogen-bond donors (Lipinski definition) is 0. The smallest absolute Gasteiger partial charge is 0.159 e. The Balaban J connectivity index is 2.83. The van der Waals surface area contributed by atoms with Gasteiger partial charge in [-0.3, -0.25) is 4.79 Å². The van der Waals surface area contributed by atoms with Crippen molar-refractivity contribution < 1.29 is 4.79 Å². The van der Waals surface area contributed by atoms with Crippen LogP contribution in [0.25, 0.3) is 0 Å². The molecule has 0 fully saturated rings. The topological polar surface area (TPSA) is 17.1 Å². The molecule has 1 aliphatic carbocycles. The average Bonchev–Trinajstić information content (AvgIpc) is 2.04. The molecule has 0 saturated heterocycles. The van der Waals surface area contributed by atoms with Crippen molar-refractivity contribution in [1.29, 1.82) is 0 Å². The SMILES string of the molecule is [B]C1C=C(CCC)C(C(C)=O)=CC1. The molecule has 0 N–H and O–H groups in total.